The number of carbonyl (C=O) groups is 1. The van der Waals surface area contributed by atoms with Crippen LogP contribution in [-0.4, -0.2) is 26.1 Å². The monoisotopic (exact) mass is 311 g/mol. The molecule has 3 rings (SSSR count). The minimum absolute atomic E-state index is 0.248. The maximum Gasteiger partial charge on any atom is 0.251 e. The first-order valence-electron chi connectivity index (χ1n) is 7.01. The van der Waals surface area contributed by atoms with Gasteiger partial charge in [0.1, 0.15) is 5.82 Å². The van der Waals surface area contributed by atoms with Crippen LogP contribution in [0.2, 0.25) is 0 Å². The van der Waals surface area contributed by atoms with Crippen LogP contribution < -0.4 is 5.32 Å². The number of aryl methyl sites for hydroxylation is 1. The molecule has 0 atom stereocenters. The number of amides is 1. The predicted octanol–water partition coefficient (Wildman–Crippen LogP) is 2.04. The summed E-state index contributed by atoms with van der Waals surface area (Å²) in [5.41, 5.74) is 1.88. The Morgan fingerprint density at radius 2 is 2.04 bits per heavy atom. The molecule has 7 heteroatoms. The van der Waals surface area contributed by atoms with E-state index in [1.807, 2.05) is 6.07 Å². The van der Waals surface area contributed by atoms with Crippen molar-refractivity contribution < 1.29 is 9.18 Å². The summed E-state index contributed by atoms with van der Waals surface area (Å²) >= 11 is 0. The summed E-state index contributed by atoms with van der Waals surface area (Å²) in [6.45, 7) is 2.03. The van der Waals surface area contributed by atoms with Gasteiger partial charge >= 0.3 is 0 Å². The van der Waals surface area contributed by atoms with Gasteiger partial charge in [-0.2, -0.15) is 4.68 Å². The number of tetrazole rings is 1. The number of nitrogens with zero attached hydrogens (tertiary/aromatic N) is 4. The fourth-order valence-electron chi connectivity index (χ4n) is 2.18. The molecule has 0 radical (unpaired) electrons. The number of hydrogen-bond donors (Lipinski definition) is 1. The molecule has 23 heavy (non-hydrogen) atoms. The number of hydrogen-bond acceptors (Lipinski definition) is 4. The van der Waals surface area contributed by atoms with Crippen molar-refractivity contribution >= 4 is 5.91 Å². The first-order chi connectivity index (χ1) is 11.1. The van der Waals surface area contributed by atoms with Gasteiger partial charge in [0.05, 0.1) is 5.69 Å². The van der Waals surface area contributed by atoms with Gasteiger partial charge in [-0.15, -0.1) is 5.10 Å². The summed E-state index contributed by atoms with van der Waals surface area (Å²) in [5, 5.41) is 14.0. The molecule has 0 aliphatic carbocycles. The highest BCUT2D eigenvalue weighted by Gasteiger charge is 2.09. The van der Waals surface area contributed by atoms with E-state index >= 15 is 0 Å². The summed E-state index contributed by atoms with van der Waals surface area (Å²) in [7, 11) is 0. The second-order valence-electron chi connectivity index (χ2n) is 5.00. The van der Waals surface area contributed by atoms with Crippen LogP contribution in [0.25, 0.3) is 5.69 Å². The van der Waals surface area contributed by atoms with Crippen LogP contribution >= 0.6 is 0 Å². The molecular weight excluding hydrogens is 297 g/mol. The molecule has 116 valence electrons. The zero-order valence-electron chi connectivity index (χ0n) is 12.4. The second kappa shape index (κ2) is 6.35. The van der Waals surface area contributed by atoms with Gasteiger partial charge in [0.15, 0.2) is 5.82 Å². The topological polar surface area (TPSA) is 72.7 Å². The van der Waals surface area contributed by atoms with Crippen LogP contribution in [0.3, 0.4) is 0 Å². The third-order valence-corrected chi connectivity index (χ3v) is 3.32. The van der Waals surface area contributed by atoms with Gasteiger partial charge in [-0.3, -0.25) is 4.79 Å². The van der Waals surface area contributed by atoms with Gasteiger partial charge in [0.25, 0.3) is 5.91 Å². The van der Waals surface area contributed by atoms with E-state index < -0.39 is 0 Å². The van der Waals surface area contributed by atoms with Crippen molar-refractivity contribution in [3.8, 4) is 5.69 Å². The highest BCUT2D eigenvalue weighted by Crippen LogP contribution is 2.11. The Morgan fingerprint density at radius 3 is 2.78 bits per heavy atom. The van der Waals surface area contributed by atoms with Crippen molar-refractivity contribution in [1.82, 2.24) is 25.5 Å². The van der Waals surface area contributed by atoms with E-state index in [2.05, 4.69) is 20.8 Å². The lowest BCUT2D eigenvalue weighted by Gasteiger charge is -2.07. The largest absolute Gasteiger partial charge is 0.348 e. The van der Waals surface area contributed by atoms with Crippen molar-refractivity contribution in [1.29, 1.82) is 0 Å². The minimum Gasteiger partial charge on any atom is -0.348 e. The lowest BCUT2D eigenvalue weighted by molar-refractivity contribution is 0.0951. The third kappa shape index (κ3) is 3.39. The highest BCUT2D eigenvalue weighted by molar-refractivity contribution is 5.94. The fourth-order valence-corrected chi connectivity index (χ4v) is 2.18. The van der Waals surface area contributed by atoms with E-state index in [1.54, 1.807) is 41.9 Å². The molecule has 3 aromatic rings. The highest BCUT2D eigenvalue weighted by atomic mass is 19.1. The summed E-state index contributed by atoms with van der Waals surface area (Å²) in [6.07, 6.45) is 0. The van der Waals surface area contributed by atoms with Crippen molar-refractivity contribution in [3.63, 3.8) is 0 Å². The molecule has 0 aliphatic rings. The van der Waals surface area contributed by atoms with E-state index in [0.717, 1.165) is 0 Å². The minimum atomic E-state index is -0.326. The second-order valence-corrected chi connectivity index (χ2v) is 5.00. The van der Waals surface area contributed by atoms with E-state index in [1.165, 1.54) is 12.1 Å². The van der Waals surface area contributed by atoms with Crippen molar-refractivity contribution in [2.75, 3.05) is 0 Å². The molecule has 1 N–H and O–H groups in total. The zero-order chi connectivity index (χ0) is 16.2. The van der Waals surface area contributed by atoms with Crippen LogP contribution in [0.5, 0.6) is 0 Å². The van der Waals surface area contributed by atoms with Gasteiger partial charge in [-0.1, -0.05) is 18.2 Å². The Balaban J connectivity index is 1.74. The molecule has 0 unspecified atom stereocenters. The lowest BCUT2D eigenvalue weighted by atomic mass is 10.1. The van der Waals surface area contributed by atoms with Crippen molar-refractivity contribution in [2.45, 2.75) is 13.5 Å². The quantitative estimate of drug-likeness (QED) is 0.800. The molecule has 1 aromatic heterocycles. The summed E-state index contributed by atoms with van der Waals surface area (Å²) in [4.78, 5) is 12.2. The van der Waals surface area contributed by atoms with Gasteiger partial charge in [-0.25, -0.2) is 4.39 Å². The van der Waals surface area contributed by atoms with Crippen LogP contribution in [0.1, 0.15) is 21.7 Å². The Labute approximate surface area is 132 Å². The van der Waals surface area contributed by atoms with Crippen LogP contribution in [0.4, 0.5) is 4.39 Å². The first kappa shape index (κ1) is 14.8. The molecule has 1 amide bonds. The predicted molar refractivity (Wildman–Crippen MR) is 81.5 cm³/mol. The average molecular weight is 311 g/mol. The van der Waals surface area contributed by atoms with Gasteiger partial charge in [0, 0.05) is 12.1 Å². The number of benzene rings is 2. The molecule has 6 nitrogen and oxygen atoms in total. The molecule has 0 saturated carbocycles. The van der Waals surface area contributed by atoms with E-state index in [9.17, 15) is 9.18 Å². The number of halogens is 1. The molecule has 0 spiro atoms. The standard InChI is InChI=1S/C16H14FN5O/c1-11-19-20-21-22(11)15-7-3-5-13(9-15)16(23)18-10-12-4-2-6-14(17)8-12/h2-9H,10H2,1H3,(H,18,23). The van der Waals surface area contributed by atoms with Crippen LogP contribution in [-0.2, 0) is 6.54 Å². The maximum absolute atomic E-state index is 13.1. The van der Waals surface area contributed by atoms with Crippen LogP contribution in [0.15, 0.2) is 48.5 Å². The third-order valence-electron chi connectivity index (χ3n) is 3.32. The molecule has 0 fully saturated rings. The van der Waals surface area contributed by atoms with E-state index in [4.69, 9.17) is 0 Å². The number of carbonyl (C=O) groups excluding carboxylic acids is 1. The molecule has 0 aliphatic heterocycles. The first-order valence-corrected chi connectivity index (χ1v) is 7.01. The smallest absolute Gasteiger partial charge is 0.251 e. The Morgan fingerprint density at radius 1 is 1.22 bits per heavy atom. The summed E-state index contributed by atoms with van der Waals surface area (Å²) < 4.78 is 14.7. The normalized spacial score (nSPS) is 10.5. The SMILES string of the molecule is Cc1nnnn1-c1cccc(C(=O)NCc2cccc(F)c2)c1. The maximum atomic E-state index is 13.1. The summed E-state index contributed by atoms with van der Waals surface area (Å²) in [6, 6.07) is 13.1. The number of nitrogens with one attached hydrogen (secondary N) is 1. The molecule has 0 bridgehead atoms. The Kier molecular flexibility index (Phi) is 4.09. The number of aromatic nitrogens is 4. The number of rotatable bonds is 4. The van der Waals surface area contributed by atoms with Gasteiger partial charge in [-0.05, 0) is 53.2 Å². The Bertz CT molecular complexity index is 846. The lowest BCUT2D eigenvalue weighted by Crippen LogP contribution is -2.23. The zero-order valence-corrected chi connectivity index (χ0v) is 12.4. The molecular formula is C16H14FN5O. The molecule has 0 saturated heterocycles. The van der Waals surface area contributed by atoms with Gasteiger partial charge < -0.3 is 5.32 Å². The summed E-state index contributed by atoms with van der Waals surface area (Å²) in [5.74, 6) is 0.0528. The van der Waals surface area contributed by atoms with Crippen molar-refractivity contribution in [3.05, 3.63) is 71.3 Å². The fraction of sp³-hybridized carbons (Fsp3) is 0.125. The molecule has 2 aromatic carbocycles. The Hall–Kier alpha value is -3.09. The van der Waals surface area contributed by atoms with E-state index in [-0.39, 0.29) is 18.3 Å². The average Bonchev–Trinajstić information content (AvgIpc) is 2.99. The van der Waals surface area contributed by atoms with Crippen molar-refractivity contribution in [2.24, 2.45) is 0 Å². The molecule has 1 heterocycles. The van der Waals surface area contributed by atoms with Crippen LogP contribution in [0, 0.1) is 12.7 Å². The van der Waals surface area contributed by atoms with E-state index in [0.29, 0.717) is 22.6 Å². The van der Waals surface area contributed by atoms with Gasteiger partial charge in [0.2, 0.25) is 0 Å².